The molecule has 0 aliphatic carbocycles. The number of nitrogens with one attached hydrogen (secondary N) is 1. The number of carbonyl (C=O) groups excluding carboxylic acids is 1. The second kappa shape index (κ2) is 9.47. The van der Waals surface area contributed by atoms with E-state index in [2.05, 4.69) is 5.10 Å². The lowest BCUT2D eigenvalue weighted by molar-refractivity contribution is -0.189. The van der Waals surface area contributed by atoms with E-state index in [1.165, 1.54) is 11.5 Å². The molecule has 0 saturated heterocycles. The third kappa shape index (κ3) is 5.17. The van der Waals surface area contributed by atoms with Crippen LogP contribution in [0.25, 0.3) is 5.69 Å². The molecule has 1 amide bonds. The van der Waals surface area contributed by atoms with E-state index in [0.717, 1.165) is 18.2 Å². The molecule has 2 aromatic carbocycles. The number of aromatic nitrogens is 3. The fraction of sp³-hybridized carbons (Fsp3) is 0.318. The van der Waals surface area contributed by atoms with Crippen LogP contribution >= 0.6 is 0 Å². The Labute approximate surface area is 194 Å². The number of halogens is 6. The highest BCUT2D eigenvalue weighted by Crippen LogP contribution is 2.31. The summed E-state index contributed by atoms with van der Waals surface area (Å²) in [5.41, 5.74) is -3.05. The van der Waals surface area contributed by atoms with E-state index in [1.807, 2.05) is 5.32 Å². The van der Waals surface area contributed by atoms with Gasteiger partial charge < -0.3 is 10.1 Å². The number of hydrogen-bond donors (Lipinski definition) is 1. The Hall–Kier alpha value is -3.77. The van der Waals surface area contributed by atoms with Gasteiger partial charge in [-0.15, -0.1) is 0 Å². The van der Waals surface area contributed by atoms with Gasteiger partial charge in [0.05, 0.1) is 5.56 Å². The minimum Gasteiger partial charge on any atom is -0.480 e. The molecule has 1 atom stereocenters. The molecule has 0 aliphatic heterocycles. The van der Waals surface area contributed by atoms with Crippen LogP contribution in [0.3, 0.4) is 0 Å². The second-order valence-electron chi connectivity index (χ2n) is 7.86. The van der Waals surface area contributed by atoms with Gasteiger partial charge >= 0.3 is 11.9 Å². The summed E-state index contributed by atoms with van der Waals surface area (Å²) in [6.45, 7) is 5.46. The van der Waals surface area contributed by atoms with Gasteiger partial charge in [0, 0.05) is 12.1 Å². The number of para-hydroxylation sites is 1. The van der Waals surface area contributed by atoms with Crippen LogP contribution in [-0.4, -0.2) is 32.5 Å². The molecule has 1 heterocycles. The van der Waals surface area contributed by atoms with Crippen LogP contribution in [0, 0.1) is 24.4 Å². The lowest BCUT2D eigenvalue weighted by atomic mass is 10.1. The lowest BCUT2D eigenvalue weighted by Gasteiger charge is -2.20. The van der Waals surface area contributed by atoms with Crippen molar-refractivity contribution in [2.24, 2.45) is 0 Å². The normalized spacial score (nSPS) is 12.7. The first-order valence-corrected chi connectivity index (χ1v) is 10.2. The van der Waals surface area contributed by atoms with E-state index >= 15 is 4.39 Å². The van der Waals surface area contributed by atoms with Gasteiger partial charge in [-0.05, 0) is 45.9 Å². The summed E-state index contributed by atoms with van der Waals surface area (Å²) in [6.07, 6.45) is -7.32. The highest BCUT2D eigenvalue weighted by atomic mass is 19.4. The van der Waals surface area contributed by atoms with Gasteiger partial charge in [-0.3, -0.25) is 9.36 Å². The number of benzene rings is 2. The zero-order valence-electron chi connectivity index (χ0n) is 18.9. The molecule has 7 nitrogen and oxygen atoms in total. The van der Waals surface area contributed by atoms with Gasteiger partial charge in [-0.2, -0.15) is 23.0 Å². The molecule has 0 aliphatic rings. The summed E-state index contributed by atoms with van der Waals surface area (Å²) in [5.74, 6) is -5.48. The Balaban J connectivity index is 2.16. The Morgan fingerprint density at radius 1 is 1.06 bits per heavy atom. The highest BCUT2D eigenvalue weighted by molar-refractivity contribution is 6.06. The fourth-order valence-corrected chi connectivity index (χ4v) is 3.26. The van der Waals surface area contributed by atoms with E-state index in [9.17, 15) is 31.5 Å². The van der Waals surface area contributed by atoms with Gasteiger partial charge in [-0.25, -0.2) is 18.0 Å². The van der Waals surface area contributed by atoms with Crippen LogP contribution in [0.4, 0.5) is 32.0 Å². The molecule has 1 N–H and O–H groups in total. The van der Waals surface area contributed by atoms with Crippen molar-refractivity contribution in [3.8, 4) is 11.4 Å². The van der Waals surface area contributed by atoms with Crippen LogP contribution in [-0.2, 0) is 0 Å². The number of alkyl halides is 3. The Morgan fingerprint density at radius 2 is 1.66 bits per heavy atom. The standard InChI is InChI=1S/C22H20F6N4O3/c1-10(2)31-12(4)30-32(21(31)34)17-9-18(35-11(3)22(26,27)28)13(8-16(17)25)20(33)29-19-14(23)6-5-7-15(19)24/h5-11H,1-4H3,(H,29,33)/t11-/m0/s1. The van der Waals surface area contributed by atoms with Crippen molar-refractivity contribution in [1.29, 1.82) is 0 Å². The van der Waals surface area contributed by atoms with Crippen LogP contribution in [0.5, 0.6) is 5.75 Å². The topological polar surface area (TPSA) is 78.2 Å². The number of hydrogen-bond acceptors (Lipinski definition) is 4. The second-order valence-corrected chi connectivity index (χ2v) is 7.86. The quantitative estimate of drug-likeness (QED) is 0.486. The van der Waals surface area contributed by atoms with Gasteiger partial charge in [0.2, 0.25) is 0 Å². The van der Waals surface area contributed by atoms with Gasteiger partial charge in [0.25, 0.3) is 5.91 Å². The predicted molar refractivity (Wildman–Crippen MR) is 113 cm³/mol. The molecule has 0 spiro atoms. The maximum absolute atomic E-state index is 15.1. The molecular formula is C22H20F6N4O3. The summed E-state index contributed by atoms with van der Waals surface area (Å²) in [5, 5.41) is 5.81. The zero-order chi connectivity index (χ0) is 26.2. The van der Waals surface area contributed by atoms with Crippen molar-refractivity contribution in [2.75, 3.05) is 5.32 Å². The van der Waals surface area contributed by atoms with E-state index in [1.54, 1.807) is 13.8 Å². The summed E-state index contributed by atoms with van der Waals surface area (Å²) in [7, 11) is 0. The van der Waals surface area contributed by atoms with Gasteiger partial charge in [0.15, 0.2) is 6.10 Å². The van der Waals surface area contributed by atoms with Crippen molar-refractivity contribution in [3.63, 3.8) is 0 Å². The molecule has 0 fully saturated rings. The highest BCUT2D eigenvalue weighted by Gasteiger charge is 2.39. The minimum absolute atomic E-state index is 0.201. The molecule has 35 heavy (non-hydrogen) atoms. The Kier molecular flexibility index (Phi) is 6.99. The number of aryl methyl sites for hydroxylation is 1. The largest absolute Gasteiger partial charge is 0.480 e. The number of rotatable bonds is 6. The molecular weight excluding hydrogens is 482 g/mol. The average molecular weight is 502 g/mol. The Bertz CT molecular complexity index is 1310. The summed E-state index contributed by atoms with van der Waals surface area (Å²) >= 11 is 0. The molecule has 13 heteroatoms. The van der Waals surface area contributed by atoms with E-state index in [4.69, 9.17) is 4.74 Å². The van der Waals surface area contributed by atoms with Gasteiger partial charge in [-0.1, -0.05) is 6.07 Å². The van der Waals surface area contributed by atoms with Crippen LogP contribution in [0.15, 0.2) is 35.1 Å². The van der Waals surface area contributed by atoms with Crippen molar-refractivity contribution in [2.45, 2.75) is 46.0 Å². The maximum atomic E-state index is 15.1. The average Bonchev–Trinajstić information content (AvgIpc) is 3.04. The first kappa shape index (κ1) is 25.8. The number of amides is 1. The summed E-state index contributed by atoms with van der Waals surface area (Å²) in [6, 6.07) is 3.54. The monoisotopic (exact) mass is 502 g/mol. The van der Waals surface area contributed by atoms with E-state index in [-0.39, 0.29) is 11.9 Å². The number of ether oxygens (including phenoxy) is 1. The third-order valence-corrected chi connectivity index (χ3v) is 4.98. The number of anilines is 1. The molecule has 0 bridgehead atoms. The first-order valence-electron chi connectivity index (χ1n) is 10.2. The van der Waals surface area contributed by atoms with Crippen LogP contribution < -0.4 is 15.7 Å². The summed E-state index contributed by atoms with van der Waals surface area (Å²) in [4.78, 5) is 25.4. The number of carbonyl (C=O) groups is 1. The number of nitrogens with zero attached hydrogens (tertiary/aromatic N) is 3. The molecule has 3 rings (SSSR count). The smallest absolute Gasteiger partial charge is 0.425 e. The molecule has 3 aromatic rings. The van der Waals surface area contributed by atoms with Crippen molar-refractivity contribution in [1.82, 2.24) is 14.3 Å². The third-order valence-electron chi connectivity index (χ3n) is 4.98. The van der Waals surface area contributed by atoms with Crippen LogP contribution in [0.2, 0.25) is 0 Å². The SMILES string of the molecule is Cc1nn(-c2cc(O[C@@H](C)C(F)(F)F)c(C(=O)Nc3c(F)cccc3F)cc2F)c(=O)n1C(C)C. The van der Waals surface area contributed by atoms with Crippen molar-refractivity contribution < 1.29 is 35.9 Å². The van der Waals surface area contributed by atoms with E-state index in [0.29, 0.717) is 23.7 Å². The molecule has 188 valence electrons. The molecule has 1 aromatic heterocycles. The van der Waals surface area contributed by atoms with Gasteiger partial charge in [0.1, 0.15) is 40.4 Å². The molecule has 0 radical (unpaired) electrons. The fourth-order valence-electron chi connectivity index (χ4n) is 3.26. The Morgan fingerprint density at radius 3 is 2.17 bits per heavy atom. The van der Waals surface area contributed by atoms with Crippen molar-refractivity contribution in [3.05, 3.63) is 69.7 Å². The van der Waals surface area contributed by atoms with E-state index < -0.39 is 64.0 Å². The first-order chi connectivity index (χ1) is 16.2. The van der Waals surface area contributed by atoms with Crippen LogP contribution in [0.1, 0.15) is 43.0 Å². The maximum Gasteiger partial charge on any atom is 0.425 e. The predicted octanol–water partition coefficient (Wildman–Crippen LogP) is 4.92. The zero-order valence-corrected chi connectivity index (χ0v) is 18.9. The lowest BCUT2D eigenvalue weighted by Crippen LogP contribution is -2.32. The molecule has 0 unspecified atom stereocenters. The van der Waals surface area contributed by atoms with Crippen molar-refractivity contribution >= 4 is 11.6 Å². The minimum atomic E-state index is -4.87. The summed E-state index contributed by atoms with van der Waals surface area (Å²) < 4.78 is 89.2. The molecule has 0 saturated carbocycles.